The molecule has 2 heterocycles. The van der Waals surface area contributed by atoms with Gasteiger partial charge in [-0.25, -0.2) is 4.79 Å². The van der Waals surface area contributed by atoms with Gasteiger partial charge in [0.15, 0.2) is 11.5 Å². The SMILES string of the molecule is COc1ccc(C(=O)OC2CC3CC[C@H](C2)N3c2ccc(C(F)(F)F)cc2)cc1OC. The van der Waals surface area contributed by atoms with Gasteiger partial charge in [-0.2, -0.15) is 13.2 Å². The molecule has 2 unspecified atom stereocenters. The molecule has 8 heteroatoms. The Morgan fingerprint density at radius 3 is 2.10 bits per heavy atom. The molecule has 2 saturated heterocycles. The Morgan fingerprint density at radius 1 is 0.935 bits per heavy atom. The number of nitrogens with zero attached hydrogens (tertiary/aromatic N) is 1. The quantitative estimate of drug-likeness (QED) is 0.613. The number of alkyl halides is 3. The third-order valence-corrected chi connectivity index (χ3v) is 6.08. The van der Waals surface area contributed by atoms with Crippen molar-refractivity contribution in [3.05, 3.63) is 53.6 Å². The number of carbonyl (C=O) groups excluding carboxylic acids is 1. The summed E-state index contributed by atoms with van der Waals surface area (Å²) < 4.78 is 54.8. The molecule has 2 bridgehead atoms. The van der Waals surface area contributed by atoms with E-state index < -0.39 is 17.7 Å². The summed E-state index contributed by atoms with van der Waals surface area (Å²) in [6, 6.07) is 10.5. The van der Waals surface area contributed by atoms with Gasteiger partial charge in [0.1, 0.15) is 6.10 Å². The van der Waals surface area contributed by atoms with Gasteiger partial charge in [0.05, 0.1) is 25.3 Å². The number of piperidine rings is 1. The van der Waals surface area contributed by atoms with Crippen LogP contribution in [0, 0.1) is 0 Å². The summed E-state index contributed by atoms with van der Waals surface area (Å²) in [6.45, 7) is 0. The highest BCUT2D eigenvalue weighted by Crippen LogP contribution is 2.41. The second kappa shape index (κ2) is 8.32. The van der Waals surface area contributed by atoms with Crippen molar-refractivity contribution in [1.82, 2.24) is 0 Å². The van der Waals surface area contributed by atoms with E-state index in [9.17, 15) is 18.0 Å². The van der Waals surface area contributed by atoms with Gasteiger partial charge in [0, 0.05) is 30.6 Å². The average Bonchev–Trinajstić information content (AvgIpc) is 3.02. The third kappa shape index (κ3) is 4.29. The fourth-order valence-electron chi connectivity index (χ4n) is 4.65. The molecule has 2 fully saturated rings. The molecule has 0 amide bonds. The van der Waals surface area contributed by atoms with Crippen molar-refractivity contribution < 1.29 is 32.2 Å². The first-order valence-electron chi connectivity index (χ1n) is 10.2. The standard InChI is InChI=1S/C23H24F3NO4/c1-29-20-10-3-14(11-21(20)30-2)22(28)31-19-12-17-8-9-18(13-19)27(17)16-6-4-15(5-7-16)23(24,25)26/h3-7,10-11,17-19H,8-9,12-13H2,1-2H3/t17-,18?,19?/m1/s1. The lowest BCUT2D eigenvalue weighted by Gasteiger charge is -2.40. The molecule has 0 saturated carbocycles. The molecule has 4 rings (SSSR count). The van der Waals surface area contributed by atoms with Crippen LogP contribution in [-0.2, 0) is 10.9 Å². The van der Waals surface area contributed by atoms with Crippen LogP contribution < -0.4 is 14.4 Å². The second-order valence-corrected chi connectivity index (χ2v) is 7.91. The van der Waals surface area contributed by atoms with Crippen molar-refractivity contribution in [2.24, 2.45) is 0 Å². The van der Waals surface area contributed by atoms with Gasteiger partial charge in [-0.3, -0.25) is 0 Å². The fraction of sp³-hybridized carbons (Fsp3) is 0.435. The minimum atomic E-state index is -4.34. The summed E-state index contributed by atoms with van der Waals surface area (Å²) in [5.41, 5.74) is 0.516. The topological polar surface area (TPSA) is 48.0 Å². The number of hydrogen-bond donors (Lipinski definition) is 0. The van der Waals surface area contributed by atoms with Gasteiger partial charge in [-0.1, -0.05) is 0 Å². The normalized spacial score (nSPS) is 22.9. The van der Waals surface area contributed by atoms with Gasteiger partial charge in [-0.15, -0.1) is 0 Å². The lowest BCUT2D eigenvalue weighted by molar-refractivity contribution is -0.137. The van der Waals surface area contributed by atoms with Crippen molar-refractivity contribution in [3.63, 3.8) is 0 Å². The van der Waals surface area contributed by atoms with Gasteiger partial charge in [0.25, 0.3) is 0 Å². The van der Waals surface area contributed by atoms with Gasteiger partial charge in [0.2, 0.25) is 0 Å². The molecule has 0 aliphatic carbocycles. The zero-order valence-corrected chi connectivity index (χ0v) is 17.3. The highest BCUT2D eigenvalue weighted by Gasteiger charge is 2.42. The first-order chi connectivity index (χ1) is 14.8. The second-order valence-electron chi connectivity index (χ2n) is 7.91. The Hall–Kier alpha value is -2.90. The predicted octanol–water partition coefficient (Wildman–Crippen LogP) is 5.08. The number of hydrogen-bond acceptors (Lipinski definition) is 5. The van der Waals surface area contributed by atoms with E-state index in [2.05, 4.69) is 4.90 Å². The van der Waals surface area contributed by atoms with Crippen LogP contribution in [-0.4, -0.2) is 38.4 Å². The van der Waals surface area contributed by atoms with Crippen LogP contribution in [0.2, 0.25) is 0 Å². The van der Waals surface area contributed by atoms with Gasteiger partial charge < -0.3 is 19.1 Å². The maximum absolute atomic E-state index is 12.9. The number of carbonyl (C=O) groups is 1. The molecule has 0 spiro atoms. The van der Waals surface area contributed by atoms with Gasteiger partial charge in [-0.05, 0) is 55.3 Å². The number of ether oxygens (including phenoxy) is 3. The van der Waals surface area contributed by atoms with Crippen LogP contribution in [0.15, 0.2) is 42.5 Å². The summed E-state index contributed by atoms with van der Waals surface area (Å²) in [5.74, 6) is 0.560. The number of anilines is 1. The van der Waals surface area contributed by atoms with E-state index >= 15 is 0 Å². The average molecular weight is 435 g/mol. The largest absolute Gasteiger partial charge is 0.493 e. The van der Waals surface area contributed by atoms with E-state index in [1.165, 1.54) is 26.4 Å². The molecule has 5 nitrogen and oxygen atoms in total. The number of fused-ring (bicyclic) bond motifs is 2. The van der Waals surface area contributed by atoms with Crippen LogP contribution in [0.25, 0.3) is 0 Å². The molecule has 3 atom stereocenters. The van der Waals surface area contributed by atoms with Gasteiger partial charge >= 0.3 is 12.1 Å². The maximum Gasteiger partial charge on any atom is 0.416 e. The zero-order valence-electron chi connectivity index (χ0n) is 17.3. The Kier molecular flexibility index (Phi) is 5.73. The number of rotatable bonds is 5. The molecule has 2 aromatic rings. The molecule has 2 aliphatic rings. The number of esters is 1. The van der Waals surface area contributed by atoms with Crippen LogP contribution in [0.4, 0.5) is 18.9 Å². The molecule has 0 N–H and O–H groups in total. The molecule has 0 aromatic heterocycles. The lowest BCUT2D eigenvalue weighted by atomic mass is 9.98. The predicted molar refractivity (Wildman–Crippen MR) is 109 cm³/mol. The van der Waals surface area contributed by atoms with E-state index in [0.717, 1.165) is 30.7 Å². The minimum Gasteiger partial charge on any atom is -0.493 e. The van der Waals surface area contributed by atoms with E-state index in [4.69, 9.17) is 14.2 Å². The summed E-state index contributed by atoms with van der Waals surface area (Å²) in [7, 11) is 3.03. The molecular weight excluding hydrogens is 411 g/mol. The maximum atomic E-state index is 12.9. The zero-order chi connectivity index (χ0) is 22.2. The monoisotopic (exact) mass is 435 g/mol. The van der Waals surface area contributed by atoms with E-state index in [1.807, 2.05) is 0 Å². The molecule has 31 heavy (non-hydrogen) atoms. The van der Waals surface area contributed by atoms with Crippen LogP contribution in [0.3, 0.4) is 0 Å². The molecule has 166 valence electrons. The Balaban J connectivity index is 1.43. The van der Waals surface area contributed by atoms with E-state index in [1.54, 1.807) is 18.2 Å². The van der Waals surface area contributed by atoms with Crippen molar-refractivity contribution >= 4 is 11.7 Å². The van der Waals surface area contributed by atoms with Crippen molar-refractivity contribution in [1.29, 1.82) is 0 Å². The highest BCUT2D eigenvalue weighted by atomic mass is 19.4. The third-order valence-electron chi connectivity index (χ3n) is 6.08. The summed E-state index contributed by atoms with van der Waals surface area (Å²) in [6.07, 6.45) is -1.42. The molecule has 0 radical (unpaired) electrons. The van der Waals surface area contributed by atoms with Crippen LogP contribution in [0.5, 0.6) is 11.5 Å². The summed E-state index contributed by atoms with van der Waals surface area (Å²) in [4.78, 5) is 14.8. The Morgan fingerprint density at radius 2 is 1.55 bits per heavy atom. The van der Waals surface area contributed by atoms with Crippen molar-refractivity contribution in [2.75, 3.05) is 19.1 Å². The number of methoxy groups -OCH3 is 2. The number of halogens is 3. The lowest BCUT2D eigenvalue weighted by Crippen LogP contribution is -2.46. The van der Waals surface area contributed by atoms with E-state index in [0.29, 0.717) is 29.9 Å². The minimum absolute atomic E-state index is 0.138. The molecule has 2 aliphatic heterocycles. The Labute approximate surface area is 178 Å². The summed E-state index contributed by atoms with van der Waals surface area (Å²) >= 11 is 0. The molecular formula is C23H24F3NO4. The van der Waals surface area contributed by atoms with Crippen LogP contribution >= 0.6 is 0 Å². The van der Waals surface area contributed by atoms with E-state index in [-0.39, 0.29) is 18.2 Å². The molecule has 2 aromatic carbocycles. The first kappa shape index (κ1) is 21.3. The summed E-state index contributed by atoms with van der Waals surface area (Å²) in [5, 5.41) is 0. The van der Waals surface area contributed by atoms with Crippen molar-refractivity contribution in [3.8, 4) is 11.5 Å². The van der Waals surface area contributed by atoms with Crippen LogP contribution in [0.1, 0.15) is 41.6 Å². The fourth-order valence-corrected chi connectivity index (χ4v) is 4.65. The van der Waals surface area contributed by atoms with Crippen molar-refractivity contribution in [2.45, 2.75) is 50.0 Å². The first-order valence-corrected chi connectivity index (χ1v) is 10.2. The number of benzene rings is 2. The Bertz CT molecular complexity index is 931. The highest BCUT2D eigenvalue weighted by molar-refractivity contribution is 5.90. The smallest absolute Gasteiger partial charge is 0.416 e.